The molecule has 0 heterocycles. The van der Waals surface area contributed by atoms with Gasteiger partial charge in [0.05, 0.1) is 26.2 Å². The topological polar surface area (TPSA) is 105 Å². The summed E-state index contributed by atoms with van der Waals surface area (Å²) in [7, 11) is -0.923. The first kappa shape index (κ1) is 29.0. The predicted octanol–water partition coefficient (Wildman–Crippen LogP) is 3.11. The molecule has 198 valence electrons. The van der Waals surface area contributed by atoms with Crippen LogP contribution in [0.1, 0.15) is 37.8 Å². The lowest BCUT2D eigenvalue weighted by molar-refractivity contribution is -0.139. The van der Waals surface area contributed by atoms with Gasteiger partial charge in [-0.2, -0.15) is 0 Å². The molecule has 2 aromatic carbocycles. The van der Waals surface area contributed by atoms with Crippen LogP contribution in [0.2, 0.25) is 0 Å². The molecule has 2 rings (SSSR count). The van der Waals surface area contributed by atoms with Crippen molar-refractivity contribution in [2.45, 2.75) is 46.2 Å². The molecule has 2 amide bonds. The number of hydrogen-bond donors (Lipinski definition) is 1. The van der Waals surface area contributed by atoms with Crippen LogP contribution in [0.25, 0.3) is 0 Å². The van der Waals surface area contributed by atoms with Gasteiger partial charge in [-0.3, -0.25) is 13.9 Å². The van der Waals surface area contributed by atoms with Gasteiger partial charge in [0.2, 0.25) is 21.8 Å². The Balaban J connectivity index is 2.40. The fourth-order valence-corrected chi connectivity index (χ4v) is 4.56. The summed E-state index contributed by atoms with van der Waals surface area (Å²) in [6, 6.07) is 11.4. The number of nitrogens with zero attached hydrogens (tertiary/aromatic N) is 2. The number of hydrogen-bond acceptors (Lipinski definition) is 6. The van der Waals surface area contributed by atoms with E-state index in [1.165, 1.54) is 25.2 Å². The summed E-state index contributed by atoms with van der Waals surface area (Å²) in [5, 5.41) is 2.86. The number of aryl methyl sites for hydroxylation is 1. The third-order valence-electron chi connectivity index (χ3n) is 5.77. The number of amides is 2. The van der Waals surface area contributed by atoms with E-state index in [1.807, 2.05) is 38.1 Å². The second-order valence-corrected chi connectivity index (χ2v) is 10.5. The van der Waals surface area contributed by atoms with Crippen LogP contribution in [0.5, 0.6) is 11.5 Å². The Morgan fingerprint density at radius 2 is 1.75 bits per heavy atom. The zero-order valence-electron chi connectivity index (χ0n) is 21.9. The Bertz CT molecular complexity index is 1150. The van der Waals surface area contributed by atoms with Crippen molar-refractivity contribution in [1.82, 2.24) is 10.2 Å². The summed E-state index contributed by atoms with van der Waals surface area (Å²) < 4.78 is 37.0. The average Bonchev–Trinajstić information content (AvgIpc) is 2.84. The Morgan fingerprint density at radius 1 is 1.06 bits per heavy atom. The highest BCUT2D eigenvalue weighted by Gasteiger charge is 2.30. The van der Waals surface area contributed by atoms with Gasteiger partial charge in [0.25, 0.3) is 0 Å². The lowest BCUT2D eigenvalue weighted by atomic mass is 10.1. The fourth-order valence-electron chi connectivity index (χ4n) is 3.72. The van der Waals surface area contributed by atoms with Crippen LogP contribution < -0.4 is 19.1 Å². The van der Waals surface area contributed by atoms with Gasteiger partial charge >= 0.3 is 0 Å². The molecule has 10 heteroatoms. The molecule has 0 saturated carbocycles. The number of carbonyl (C=O) groups excluding carboxylic acids is 2. The summed E-state index contributed by atoms with van der Waals surface area (Å²) in [4.78, 5) is 27.9. The van der Waals surface area contributed by atoms with E-state index in [0.717, 1.165) is 34.5 Å². The Morgan fingerprint density at radius 3 is 2.33 bits per heavy atom. The Hall–Kier alpha value is -3.27. The molecule has 0 bridgehead atoms. The van der Waals surface area contributed by atoms with Crippen LogP contribution in [-0.2, 0) is 26.2 Å². The molecule has 0 aliphatic carbocycles. The van der Waals surface area contributed by atoms with E-state index in [0.29, 0.717) is 18.0 Å². The predicted molar refractivity (Wildman–Crippen MR) is 141 cm³/mol. The number of nitrogens with one attached hydrogen (secondary N) is 1. The summed E-state index contributed by atoms with van der Waals surface area (Å²) in [6.45, 7) is 5.80. The number of carbonyl (C=O) groups is 2. The van der Waals surface area contributed by atoms with Crippen molar-refractivity contribution in [3.63, 3.8) is 0 Å². The number of ether oxygens (including phenoxy) is 2. The van der Waals surface area contributed by atoms with Crippen molar-refractivity contribution < 1.29 is 27.5 Å². The highest BCUT2D eigenvalue weighted by molar-refractivity contribution is 7.92. The van der Waals surface area contributed by atoms with E-state index in [1.54, 1.807) is 19.1 Å². The number of benzene rings is 2. The molecular weight excluding hydrogens is 482 g/mol. The molecule has 0 aliphatic rings. The first-order valence-electron chi connectivity index (χ1n) is 11.8. The van der Waals surface area contributed by atoms with E-state index >= 15 is 0 Å². The van der Waals surface area contributed by atoms with Crippen LogP contribution in [0.15, 0.2) is 42.5 Å². The van der Waals surface area contributed by atoms with Crippen LogP contribution in [0.3, 0.4) is 0 Å². The summed E-state index contributed by atoms with van der Waals surface area (Å²) in [5.41, 5.74) is 2.11. The Kier molecular flexibility index (Phi) is 10.6. The van der Waals surface area contributed by atoms with E-state index in [2.05, 4.69) is 5.32 Å². The molecule has 0 fully saturated rings. The molecule has 0 aromatic heterocycles. The molecular formula is C26H37N3O6S. The van der Waals surface area contributed by atoms with Crippen LogP contribution >= 0.6 is 0 Å². The second kappa shape index (κ2) is 13.2. The van der Waals surface area contributed by atoms with Gasteiger partial charge in [-0.25, -0.2) is 8.42 Å². The maximum Gasteiger partial charge on any atom is 0.244 e. The van der Waals surface area contributed by atoms with Crippen molar-refractivity contribution in [2.75, 3.05) is 37.9 Å². The van der Waals surface area contributed by atoms with Crippen molar-refractivity contribution in [3.05, 3.63) is 53.6 Å². The first-order chi connectivity index (χ1) is 17.0. The monoisotopic (exact) mass is 519 g/mol. The summed E-state index contributed by atoms with van der Waals surface area (Å²) in [6.07, 6.45) is 2.78. The van der Waals surface area contributed by atoms with Gasteiger partial charge in [0.15, 0.2) is 11.5 Å². The van der Waals surface area contributed by atoms with E-state index < -0.39 is 28.5 Å². The molecule has 2 aromatic rings. The largest absolute Gasteiger partial charge is 0.493 e. The maximum atomic E-state index is 13.6. The van der Waals surface area contributed by atoms with Gasteiger partial charge < -0.3 is 19.7 Å². The summed E-state index contributed by atoms with van der Waals surface area (Å²) in [5.74, 6) is -0.0350. The minimum atomic E-state index is -3.85. The quantitative estimate of drug-likeness (QED) is 0.408. The van der Waals surface area contributed by atoms with Gasteiger partial charge in [-0.15, -0.1) is 0 Å². The van der Waals surface area contributed by atoms with Gasteiger partial charge in [-0.1, -0.05) is 43.2 Å². The van der Waals surface area contributed by atoms with Gasteiger partial charge in [-0.05, 0) is 38.0 Å². The fraction of sp³-hybridized carbons (Fsp3) is 0.462. The smallest absolute Gasteiger partial charge is 0.244 e. The average molecular weight is 520 g/mol. The number of unbranched alkanes of at least 4 members (excludes halogenated alkanes) is 1. The van der Waals surface area contributed by atoms with Crippen LogP contribution in [-0.4, -0.2) is 64.7 Å². The zero-order chi connectivity index (χ0) is 26.9. The van der Waals surface area contributed by atoms with Crippen LogP contribution in [0.4, 0.5) is 5.69 Å². The SMILES string of the molecule is CCCCNC(=O)C(C)N(Cc1cccc(C)c1)C(=O)CN(c1ccc(OC)c(OC)c1)S(C)(=O)=O. The van der Waals surface area contributed by atoms with E-state index in [-0.39, 0.29) is 18.1 Å². The maximum absolute atomic E-state index is 13.6. The minimum absolute atomic E-state index is 0.159. The second-order valence-electron chi connectivity index (χ2n) is 8.64. The van der Waals surface area contributed by atoms with Crippen LogP contribution in [0, 0.1) is 6.92 Å². The molecule has 0 spiro atoms. The lowest BCUT2D eigenvalue weighted by Gasteiger charge is -2.31. The normalized spacial score (nSPS) is 11.9. The molecule has 1 atom stereocenters. The standard InChI is InChI=1S/C26H37N3O6S/c1-7-8-14-27-26(31)20(3)28(17-21-11-9-10-19(2)15-21)25(30)18-29(36(6,32)33)22-12-13-23(34-4)24(16-22)35-5/h9-13,15-16,20H,7-8,14,17-18H2,1-6H3,(H,27,31). The molecule has 0 aliphatic heterocycles. The molecule has 1 unspecified atom stereocenters. The zero-order valence-corrected chi connectivity index (χ0v) is 22.7. The number of methoxy groups -OCH3 is 2. The number of anilines is 1. The molecule has 9 nitrogen and oxygen atoms in total. The van der Waals surface area contributed by atoms with E-state index in [9.17, 15) is 18.0 Å². The molecule has 1 N–H and O–H groups in total. The third kappa shape index (κ3) is 7.87. The highest BCUT2D eigenvalue weighted by atomic mass is 32.2. The van der Waals surface area contributed by atoms with Crippen molar-refractivity contribution in [3.8, 4) is 11.5 Å². The lowest BCUT2D eigenvalue weighted by Crippen LogP contribution is -2.51. The van der Waals surface area contributed by atoms with Crippen molar-refractivity contribution in [1.29, 1.82) is 0 Å². The van der Waals surface area contributed by atoms with E-state index in [4.69, 9.17) is 9.47 Å². The minimum Gasteiger partial charge on any atom is -0.493 e. The number of rotatable bonds is 13. The summed E-state index contributed by atoms with van der Waals surface area (Å²) >= 11 is 0. The molecule has 0 saturated heterocycles. The first-order valence-corrected chi connectivity index (χ1v) is 13.7. The van der Waals surface area contributed by atoms with Crippen molar-refractivity contribution >= 4 is 27.5 Å². The van der Waals surface area contributed by atoms with Gasteiger partial charge in [0.1, 0.15) is 12.6 Å². The highest BCUT2D eigenvalue weighted by Crippen LogP contribution is 2.32. The number of sulfonamides is 1. The van der Waals surface area contributed by atoms with Crippen molar-refractivity contribution in [2.24, 2.45) is 0 Å². The Labute approximate surface area is 214 Å². The third-order valence-corrected chi connectivity index (χ3v) is 6.91. The van der Waals surface area contributed by atoms with Gasteiger partial charge in [0, 0.05) is 19.2 Å². The molecule has 36 heavy (non-hydrogen) atoms. The molecule has 0 radical (unpaired) electrons.